The van der Waals surface area contributed by atoms with Crippen molar-refractivity contribution < 1.29 is 23.5 Å². The normalized spacial score (nSPS) is 13.4. The SMILES string of the molecule is O=C(O)c1ccc2c(c1)CN(C(=O)CCCc1ccc(F)c(F)c1)CC2. The Balaban J connectivity index is 1.56. The fraction of sp³-hybridized carbons (Fsp3) is 0.300. The number of aryl methyl sites for hydroxylation is 1. The van der Waals surface area contributed by atoms with Gasteiger partial charge < -0.3 is 10.0 Å². The highest BCUT2D eigenvalue weighted by molar-refractivity contribution is 5.88. The summed E-state index contributed by atoms with van der Waals surface area (Å²) < 4.78 is 26.1. The second kappa shape index (κ2) is 7.64. The molecule has 1 heterocycles. The number of amides is 1. The van der Waals surface area contributed by atoms with E-state index in [4.69, 9.17) is 5.11 Å². The molecule has 2 aromatic carbocycles. The predicted molar refractivity (Wildman–Crippen MR) is 91.8 cm³/mol. The zero-order valence-corrected chi connectivity index (χ0v) is 14.2. The number of carboxylic acids is 1. The lowest BCUT2D eigenvalue weighted by atomic mass is 9.97. The molecule has 3 rings (SSSR count). The van der Waals surface area contributed by atoms with E-state index in [0.29, 0.717) is 44.3 Å². The number of rotatable bonds is 5. The summed E-state index contributed by atoms with van der Waals surface area (Å²) in [5, 5.41) is 9.09. The van der Waals surface area contributed by atoms with E-state index in [2.05, 4.69) is 0 Å². The summed E-state index contributed by atoms with van der Waals surface area (Å²) in [6.07, 6.45) is 2.05. The predicted octanol–water partition coefficient (Wildman–Crippen LogP) is 3.57. The number of nitrogens with zero attached hydrogens (tertiary/aromatic N) is 1. The summed E-state index contributed by atoms with van der Waals surface area (Å²) in [4.78, 5) is 25.2. The maximum atomic E-state index is 13.2. The van der Waals surface area contributed by atoms with Crippen molar-refractivity contribution in [2.24, 2.45) is 0 Å². The lowest BCUT2D eigenvalue weighted by Gasteiger charge is -2.29. The van der Waals surface area contributed by atoms with Gasteiger partial charge in [0.1, 0.15) is 0 Å². The molecular weight excluding hydrogens is 340 g/mol. The first kappa shape index (κ1) is 18.0. The van der Waals surface area contributed by atoms with Crippen LogP contribution in [0.5, 0.6) is 0 Å². The first-order chi connectivity index (χ1) is 12.4. The Labute approximate surface area is 150 Å². The molecule has 0 bridgehead atoms. The summed E-state index contributed by atoms with van der Waals surface area (Å²) in [5.41, 5.74) is 2.81. The summed E-state index contributed by atoms with van der Waals surface area (Å²) in [5.74, 6) is -2.75. The highest BCUT2D eigenvalue weighted by Gasteiger charge is 2.21. The number of hydrogen-bond acceptors (Lipinski definition) is 2. The number of halogens is 2. The van der Waals surface area contributed by atoms with E-state index >= 15 is 0 Å². The van der Waals surface area contributed by atoms with Crippen molar-refractivity contribution in [3.63, 3.8) is 0 Å². The second-order valence-corrected chi connectivity index (χ2v) is 6.46. The molecule has 136 valence electrons. The molecule has 6 heteroatoms. The maximum Gasteiger partial charge on any atom is 0.335 e. The summed E-state index contributed by atoms with van der Waals surface area (Å²) in [6, 6.07) is 8.79. The van der Waals surface area contributed by atoms with Crippen LogP contribution in [0.4, 0.5) is 8.78 Å². The van der Waals surface area contributed by atoms with Crippen LogP contribution in [0.2, 0.25) is 0 Å². The molecule has 0 saturated heterocycles. The van der Waals surface area contributed by atoms with Crippen molar-refractivity contribution in [2.45, 2.75) is 32.2 Å². The van der Waals surface area contributed by atoms with E-state index in [9.17, 15) is 18.4 Å². The van der Waals surface area contributed by atoms with Crippen LogP contribution >= 0.6 is 0 Å². The zero-order chi connectivity index (χ0) is 18.7. The molecule has 4 nitrogen and oxygen atoms in total. The van der Waals surface area contributed by atoms with Gasteiger partial charge in [-0.2, -0.15) is 0 Å². The van der Waals surface area contributed by atoms with Gasteiger partial charge in [-0.1, -0.05) is 12.1 Å². The Hall–Kier alpha value is -2.76. The van der Waals surface area contributed by atoms with Gasteiger partial charge >= 0.3 is 5.97 Å². The lowest BCUT2D eigenvalue weighted by molar-refractivity contribution is -0.132. The van der Waals surface area contributed by atoms with Crippen molar-refractivity contribution >= 4 is 11.9 Å². The second-order valence-electron chi connectivity index (χ2n) is 6.46. The molecule has 0 radical (unpaired) electrons. The Morgan fingerprint density at radius 2 is 1.85 bits per heavy atom. The molecule has 0 aliphatic carbocycles. The molecule has 0 aromatic heterocycles. The third-order valence-corrected chi connectivity index (χ3v) is 4.66. The van der Waals surface area contributed by atoms with Gasteiger partial charge in [0.25, 0.3) is 0 Å². The number of fused-ring (bicyclic) bond motifs is 1. The quantitative estimate of drug-likeness (QED) is 0.888. The Morgan fingerprint density at radius 1 is 1.04 bits per heavy atom. The van der Waals surface area contributed by atoms with Crippen molar-refractivity contribution in [1.29, 1.82) is 0 Å². The Kier molecular flexibility index (Phi) is 5.30. The first-order valence-corrected chi connectivity index (χ1v) is 8.51. The lowest BCUT2D eigenvalue weighted by Crippen LogP contribution is -2.36. The van der Waals surface area contributed by atoms with E-state index < -0.39 is 17.6 Å². The minimum Gasteiger partial charge on any atom is -0.478 e. The van der Waals surface area contributed by atoms with Gasteiger partial charge in [-0.05, 0) is 60.2 Å². The van der Waals surface area contributed by atoms with Gasteiger partial charge in [0.05, 0.1) is 5.56 Å². The zero-order valence-electron chi connectivity index (χ0n) is 14.2. The number of benzene rings is 2. The average molecular weight is 359 g/mol. The molecule has 0 fully saturated rings. The third-order valence-electron chi connectivity index (χ3n) is 4.66. The number of aromatic carboxylic acids is 1. The molecule has 0 spiro atoms. The van der Waals surface area contributed by atoms with E-state index in [-0.39, 0.29) is 11.5 Å². The minimum atomic E-state index is -0.984. The maximum absolute atomic E-state index is 13.2. The van der Waals surface area contributed by atoms with Gasteiger partial charge in [0.15, 0.2) is 11.6 Å². The molecule has 1 amide bonds. The molecule has 2 aromatic rings. The third kappa shape index (κ3) is 4.07. The average Bonchev–Trinajstić information content (AvgIpc) is 2.63. The number of carbonyl (C=O) groups excluding carboxylic acids is 1. The first-order valence-electron chi connectivity index (χ1n) is 8.51. The van der Waals surface area contributed by atoms with Crippen LogP contribution in [0.3, 0.4) is 0 Å². The van der Waals surface area contributed by atoms with Crippen LogP contribution in [-0.2, 0) is 24.2 Å². The van der Waals surface area contributed by atoms with Crippen molar-refractivity contribution in [3.8, 4) is 0 Å². The van der Waals surface area contributed by atoms with Crippen LogP contribution in [0.25, 0.3) is 0 Å². The van der Waals surface area contributed by atoms with Crippen molar-refractivity contribution in [1.82, 2.24) is 4.90 Å². The van der Waals surface area contributed by atoms with Crippen molar-refractivity contribution in [3.05, 3.63) is 70.3 Å². The molecule has 0 atom stereocenters. The van der Waals surface area contributed by atoms with Crippen LogP contribution in [-0.4, -0.2) is 28.4 Å². The fourth-order valence-corrected chi connectivity index (χ4v) is 3.20. The number of carbonyl (C=O) groups is 2. The summed E-state index contributed by atoms with van der Waals surface area (Å²) in [7, 11) is 0. The van der Waals surface area contributed by atoms with Gasteiger partial charge in [-0.3, -0.25) is 4.79 Å². The van der Waals surface area contributed by atoms with Gasteiger partial charge in [-0.25, -0.2) is 13.6 Å². The summed E-state index contributed by atoms with van der Waals surface area (Å²) >= 11 is 0. The molecule has 1 aliphatic rings. The fourth-order valence-electron chi connectivity index (χ4n) is 3.20. The molecule has 0 saturated carbocycles. The molecule has 1 N–H and O–H groups in total. The highest BCUT2D eigenvalue weighted by Crippen LogP contribution is 2.21. The van der Waals surface area contributed by atoms with Gasteiger partial charge in [0, 0.05) is 19.5 Å². The van der Waals surface area contributed by atoms with E-state index in [0.717, 1.165) is 23.3 Å². The van der Waals surface area contributed by atoms with E-state index in [1.165, 1.54) is 6.07 Å². The molecular formula is C20H19F2NO3. The summed E-state index contributed by atoms with van der Waals surface area (Å²) in [6.45, 7) is 1.00. The molecule has 0 unspecified atom stereocenters. The van der Waals surface area contributed by atoms with Gasteiger partial charge in [0.2, 0.25) is 5.91 Å². The molecule has 1 aliphatic heterocycles. The van der Waals surface area contributed by atoms with Crippen LogP contribution < -0.4 is 0 Å². The Bertz CT molecular complexity index is 851. The van der Waals surface area contributed by atoms with E-state index in [1.54, 1.807) is 17.0 Å². The Morgan fingerprint density at radius 3 is 2.58 bits per heavy atom. The van der Waals surface area contributed by atoms with E-state index in [1.807, 2.05) is 6.07 Å². The molecule has 26 heavy (non-hydrogen) atoms. The monoisotopic (exact) mass is 359 g/mol. The van der Waals surface area contributed by atoms with Crippen LogP contribution in [0.1, 0.15) is 39.9 Å². The highest BCUT2D eigenvalue weighted by atomic mass is 19.2. The minimum absolute atomic E-state index is 0.0149. The van der Waals surface area contributed by atoms with Crippen LogP contribution in [0.15, 0.2) is 36.4 Å². The number of carboxylic acid groups (broad SMARTS) is 1. The van der Waals surface area contributed by atoms with Gasteiger partial charge in [-0.15, -0.1) is 0 Å². The largest absolute Gasteiger partial charge is 0.478 e. The topological polar surface area (TPSA) is 57.6 Å². The van der Waals surface area contributed by atoms with Crippen molar-refractivity contribution in [2.75, 3.05) is 6.54 Å². The smallest absolute Gasteiger partial charge is 0.335 e. The number of hydrogen-bond donors (Lipinski definition) is 1. The standard InChI is InChI=1S/C20H19F2NO3/c21-17-7-4-13(10-18(17)22)2-1-3-19(24)23-9-8-14-5-6-15(20(25)26)11-16(14)12-23/h4-7,10-11H,1-3,8-9,12H2,(H,25,26). The van der Waals surface area contributed by atoms with Crippen LogP contribution in [0, 0.1) is 11.6 Å².